The van der Waals surface area contributed by atoms with Gasteiger partial charge in [0.1, 0.15) is 22.8 Å². The van der Waals surface area contributed by atoms with Crippen molar-refractivity contribution in [2.75, 3.05) is 0 Å². The van der Waals surface area contributed by atoms with Gasteiger partial charge in [-0.2, -0.15) is 0 Å². The summed E-state index contributed by atoms with van der Waals surface area (Å²) in [6.45, 7) is 0. The number of rotatable bonds is 4. The predicted molar refractivity (Wildman–Crippen MR) is 209 cm³/mol. The molecule has 11 rings (SSSR count). The van der Waals surface area contributed by atoms with Gasteiger partial charge < -0.3 is 4.74 Å². The summed E-state index contributed by atoms with van der Waals surface area (Å²) >= 11 is 0. The van der Waals surface area contributed by atoms with E-state index < -0.39 is 0 Å². The molecule has 0 bridgehead atoms. The standard InChI is InChI=1S/C46H28N4O/c1-3-13-29(14-4-1)43-44(30-15-5-2-6-16-30)50-41-21-11-8-18-36(41)34-26-24-32(28-38(34)46(50)48-43)51-31-23-25-33-35-17-7-10-20-40(35)49-42-22-12-9-19-39(42)47-45(49)37(33)27-31/h1-28H. The van der Waals surface area contributed by atoms with Gasteiger partial charge >= 0.3 is 0 Å². The van der Waals surface area contributed by atoms with E-state index in [2.05, 4.69) is 167 Å². The third-order valence-electron chi connectivity index (χ3n) is 10.1. The third-order valence-corrected chi connectivity index (χ3v) is 10.1. The highest BCUT2D eigenvalue weighted by molar-refractivity contribution is 6.15. The largest absolute Gasteiger partial charge is 0.457 e. The van der Waals surface area contributed by atoms with Crippen molar-refractivity contribution in [3.63, 3.8) is 0 Å². The van der Waals surface area contributed by atoms with E-state index in [-0.39, 0.29) is 0 Å². The number of ether oxygens (including phenoxy) is 1. The molecule has 4 aromatic heterocycles. The number of fused-ring (bicyclic) bond motifs is 14. The summed E-state index contributed by atoms with van der Waals surface area (Å²) in [5.74, 6) is 1.50. The molecule has 0 atom stereocenters. The average Bonchev–Trinajstić information content (AvgIpc) is 3.80. The topological polar surface area (TPSA) is 43.8 Å². The lowest BCUT2D eigenvalue weighted by molar-refractivity contribution is 0.484. The minimum Gasteiger partial charge on any atom is -0.457 e. The van der Waals surface area contributed by atoms with Crippen molar-refractivity contribution in [2.24, 2.45) is 0 Å². The average molecular weight is 653 g/mol. The van der Waals surface area contributed by atoms with Crippen LogP contribution in [0.2, 0.25) is 0 Å². The number of hydrogen-bond donors (Lipinski definition) is 0. The molecular weight excluding hydrogens is 625 g/mol. The van der Waals surface area contributed by atoms with E-state index in [1.54, 1.807) is 0 Å². The maximum absolute atomic E-state index is 6.72. The lowest BCUT2D eigenvalue weighted by Crippen LogP contribution is -1.95. The molecule has 0 aliphatic carbocycles. The molecular formula is C46H28N4O. The SMILES string of the molecule is c1ccc(-c2nc3c4cc(Oc5ccc6c7ccccc7n7c8ccccc8nc7c6c5)ccc4c4ccccc4n3c2-c2ccccc2)cc1. The van der Waals surface area contributed by atoms with Gasteiger partial charge in [-0.25, -0.2) is 9.97 Å². The van der Waals surface area contributed by atoms with Gasteiger partial charge in [-0.1, -0.05) is 109 Å². The Balaban J connectivity index is 1.14. The van der Waals surface area contributed by atoms with E-state index in [9.17, 15) is 0 Å². The zero-order valence-electron chi connectivity index (χ0n) is 27.4. The van der Waals surface area contributed by atoms with Crippen molar-refractivity contribution in [3.8, 4) is 34.0 Å². The highest BCUT2D eigenvalue weighted by atomic mass is 16.5. The summed E-state index contributed by atoms with van der Waals surface area (Å²) in [4.78, 5) is 10.5. The van der Waals surface area contributed by atoms with Crippen molar-refractivity contribution < 1.29 is 4.74 Å². The van der Waals surface area contributed by atoms with E-state index in [4.69, 9.17) is 14.7 Å². The van der Waals surface area contributed by atoms with Crippen molar-refractivity contribution in [1.29, 1.82) is 0 Å². The fourth-order valence-electron chi connectivity index (χ4n) is 7.89. The molecule has 7 aromatic carbocycles. The third kappa shape index (κ3) is 4.15. The summed E-state index contributed by atoms with van der Waals surface area (Å²) in [5.41, 5.74) is 10.3. The zero-order chi connectivity index (χ0) is 33.5. The Labute approximate surface area is 292 Å². The lowest BCUT2D eigenvalue weighted by Gasteiger charge is -2.14. The first-order chi connectivity index (χ1) is 25.3. The molecule has 0 saturated heterocycles. The van der Waals surface area contributed by atoms with E-state index in [1.165, 1.54) is 5.39 Å². The number of imidazole rings is 2. The van der Waals surface area contributed by atoms with Crippen LogP contribution < -0.4 is 4.74 Å². The van der Waals surface area contributed by atoms with Crippen molar-refractivity contribution >= 4 is 65.7 Å². The molecule has 0 spiro atoms. The lowest BCUT2D eigenvalue weighted by atomic mass is 10.0. The number of para-hydroxylation sites is 4. The molecule has 0 N–H and O–H groups in total. The molecule has 0 unspecified atom stereocenters. The van der Waals surface area contributed by atoms with Crippen LogP contribution in [0.4, 0.5) is 0 Å². The van der Waals surface area contributed by atoms with Crippen LogP contribution in [0.1, 0.15) is 0 Å². The molecule has 11 aromatic rings. The Hall–Kier alpha value is -6.98. The number of nitrogens with zero attached hydrogens (tertiary/aromatic N) is 4. The number of hydrogen-bond acceptors (Lipinski definition) is 3. The van der Waals surface area contributed by atoms with Gasteiger partial charge in [-0.05, 0) is 71.4 Å². The van der Waals surface area contributed by atoms with Crippen LogP contribution in [0.25, 0.3) is 88.2 Å². The van der Waals surface area contributed by atoms with Gasteiger partial charge in [-0.3, -0.25) is 8.80 Å². The molecule has 0 radical (unpaired) electrons. The molecule has 238 valence electrons. The molecule has 0 saturated carbocycles. The first kappa shape index (κ1) is 27.9. The normalized spacial score (nSPS) is 11.9. The molecule has 0 amide bonds. The fraction of sp³-hybridized carbons (Fsp3) is 0. The van der Waals surface area contributed by atoms with Crippen LogP contribution in [-0.2, 0) is 0 Å². The number of aromatic nitrogens is 4. The summed E-state index contributed by atoms with van der Waals surface area (Å²) in [7, 11) is 0. The van der Waals surface area contributed by atoms with Crippen molar-refractivity contribution in [1.82, 2.24) is 18.8 Å². The van der Waals surface area contributed by atoms with Gasteiger partial charge in [0, 0.05) is 32.7 Å². The van der Waals surface area contributed by atoms with Gasteiger partial charge in [0.05, 0.1) is 33.5 Å². The predicted octanol–water partition coefficient (Wildman–Crippen LogP) is 11.9. The van der Waals surface area contributed by atoms with Gasteiger partial charge in [-0.15, -0.1) is 0 Å². The number of pyridine rings is 2. The minimum atomic E-state index is 0.745. The van der Waals surface area contributed by atoms with E-state index in [0.717, 1.165) is 94.3 Å². The second-order valence-electron chi connectivity index (χ2n) is 13.0. The van der Waals surface area contributed by atoms with Crippen LogP contribution >= 0.6 is 0 Å². The molecule has 0 aliphatic rings. The second-order valence-corrected chi connectivity index (χ2v) is 13.0. The summed E-state index contributed by atoms with van der Waals surface area (Å²) in [5, 5.41) is 6.69. The first-order valence-electron chi connectivity index (χ1n) is 17.2. The van der Waals surface area contributed by atoms with Crippen LogP contribution in [0.3, 0.4) is 0 Å². The highest BCUT2D eigenvalue weighted by Gasteiger charge is 2.21. The van der Waals surface area contributed by atoms with E-state index in [1.807, 2.05) is 12.1 Å². The Morgan fingerprint density at radius 1 is 0.373 bits per heavy atom. The molecule has 5 heteroatoms. The molecule has 0 fully saturated rings. The minimum absolute atomic E-state index is 0.745. The van der Waals surface area contributed by atoms with Crippen molar-refractivity contribution in [2.45, 2.75) is 0 Å². The van der Waals surface area contributed by atoms with Crippen LogP contribution in [0.15, 0.2) is 170 Å². The molecule has 5 nitrogen and oxygen atoms in total. The van der Waals surface area contributed by atoms with Crippen molar-refractivity contribution in [3.05, 3.63) is 170 Å². The van der Waals surface area contributed by atoms with E-state index in [0.29, 0.717) is 0 Å². The fourth-order valence-corrected chi connectivity index (χ4v) is 7.89. The van der Waals surface area contributed by atoms with Gasteiger partial charge in [0.25, 0.3) is 0 Å². The molecule has 0 aliphatic heterocycles. The maximum Gasteiger partial charge on any atom is 0.146 e. The first-order valence-corrected chi connectivity index (χ1v) is 17.2. The van der Waals surface area contributed by atoms with Gasteiger partial charge in [0.2, 0.25) is 0 Å². The highest BCUT2D eigenvalue weighted by Crippen LogP contribution is 2.41. The van der Waals surface area contributed by atoms with Gasteiger partial charge in [0.15, 0.2) is 0 Å². The quantitative estimate of drug-likeness (QED) is 0.178. The van der Waals surface area contributed by atoms with E-state index >= 15 is 0 Å². The Bertz CT molecular complexity index is 3160. The monoisotopic (exact) mass is 652 g/mol. The number of benzene rings is 7. The second kappa shape index (κ2) is 10.8. The Morgan fingerprint density at radius 2 is 0.882 bits per heavy atom. The molecule has 51 heavy (non-hydrogen) atoms. The summed E-state index contributed by atoms with van der Waals surface area (Å²) in [6.07, 6.45) is 0. The Morgan fingerprint density at radius 3 is 1.53 bits per heavy atom. The maximum atomic E-state index is 6.72. The summed E-state index contributed by atoms with van der Waals surface area (Å²) in [6, 6.07) is 59.2. The summed E-state index contributed by atoms with van der Waals surface area (Å²) < 4.78 is 11.3. The molecule has 4 heterocycles. The van der Waals surface area contributed by atoms with Crippen LogP contribution in [0, 0.1) is 0 Å². The smallest absolute Gasteiger partial charge is 0.146 e. The van der Waals surface area contributed by atoms with Crippen LogP contribution in [-0.4, -0.2) is 18.8 Å². The Kier molecular flexibility index (Phi) is 5.89. The zero-order valence-corrected chi connectivity index (χ0v) is 27.4. The van der Waals surface area contributed by atoms with Crippen LogP contribution in [0.5, 0.6) is 11.5 Å².